The lowest BCUT2D eigenvalue weighted by Gasteiger charge is -2.34. The normalized spacial score (nSPS) is 11.9. The molecule has 82 heavy (non-hydrogen) atoms. The maximum absolute atomic E-state index is 5.71. The zero-order chi connectivity index (χ0) is 54.5. The Labute approximate surface area is 479 Å². The van der Waals surface area contributed by atoms with Gasteiger partial charge in [0.25, 0.3) is 0 Å². The largest absolute Gasteiger partial charge is 0.309 e. The second-order valence-corrected chi connectivity index (χ2v) is 28.8. The van der Waals surface area contributed by atoms with Gasteiger partial charge in [-0.1, -0.05) is 285 Å². The molecular formula is C76H54N4Si2. The summed E-state index contributed by atoms with van der Waals surface area (Å²) in [6.07, 6.45) is 0. The molecule has 0 aliphatic carbocycles. The van der Waals surface area contributed by atoms with Crippen LogP contribution in [0.3, 0.4) is 0 Å². The van der Waals surface area contributed by atoms with Crippen molar-refractivity contribution in [3.05, 3.63) is 328 Å². The number of para-hydroxylation sites is 3. The van der Waals surface area contributed by atoms with Crippen LogP contribution < -0.4 is 41.5 Å². The highest BCUT2D eigenvalue weighted by molar-refractivity contribution is 7.20. The fourth-order valence-electron chi connectivity index (χ4n) is 13.3. The van der Waals surface area contributed by atoms with Crippen LogP contribution in [-0.4, -0.2) is 35.2 Å². The standard InChI is InChI=1S/C76H54N4Si2/c1-7-27-58(28-8-1)81(59-29-9-2-10-30-59,60-31-11-3-12-32-60)64-49-46-55(47-50-64)70-54-71(56-26-25-39-65(52-56)82(61-33-13-4-14-34-61,62-35-15-5-16-36-62)63-37-17-6-18-38-63)78-76(77-70)80-74-45-24-21-42-68(74)69-53-57(48-51-75(69)80)79-72-43-22-19-40-66(72)67-41-20-23-44-73(67)79/h1-54H. The molecule has 3 aromatic heterocycles. The zero-order valence-corrected chi connectivity index (χ0v) is 47.0. The number of fused-ring (bicyclic) bond motifs is 6. The minimum Gasteiger partial charge on any atom is -0.309 e. The maximum atomic E-state index is 5.71. The fraction of sp³-hybridized carbons (Fsp3) is 0. The molecule has 12 aromatic carbocycles. The van der Waals surface area contributed by atoms with Gasteiger partial charge in [-0.25, -0.2) is 9.97 Å². The summed E-state index contributed by atoms with van der Waals surface area (Å²) < 4.78 is 4.68. The molecule has 0 aliphatic heterocycles. The maximum Gasteiger partial charge on any atom is 0.235 e. The van der Waals surface area contributed by atoms with Gasteiger partial charge in [0.15, 0.2) is 16.1 Å². The van der Waals surface area contributed by atoms with Gasteiger partial charge in [-0.05, 0) is 84.0 Å². The first kappa shape index (κ1) is 48.8. The summed E-state index contributed by atoms with van der Waals surface area (Å²) >= 11 is 0. The predicted octanol–water partition coefficient (Wildman–Crippen LogP) is 12.8. The van der Waals surface area contributed by atoms with Crippen LogP contribution in [0.2, 0.25) is 0 Å². The lowest BCUT2D eigenvalue weighted by Crippen LogP contribution is -2.74. The van der Waals surface area contributed by atoms with E-state index in [-0.39, 0.29) is 0 Å². The quantitative estimate of drug-likeness (QED) is 0.0903. The average Bonchev–Trinajstić information content (AvgIpc) is 3.77. The van der Waals surface area contributed by atoms with E-state index in [9.17, 15) is 0 Å². The summed E-state index contributed by atoms with van der Waals surface area (Å²) in [5.41, 5.74) is 9.25. The molecule has 0 radical (unpaired) electrons. The molecule has 0 saturated heterocycles. The first-order valence-electron chi connectivity index (χ1n) is 28.1. The van der Waals surface area contributed by atoms with Crippen molar-refractivity contribution >= 4 is 101 Å². The van der Waals surface area contributed by atoms with E-state index < -0.39 is 16.1 Å². The van der Waals surface area contributed by atoms with E-state index >= 15 is 0 Å². The molecule has 0 spiro atoms. The summed E-state index contributed by atoms with van der Waals surface area (Å²) in [7, 11) is -5.70. The molecule has 0 bridgehead atoms. The first-order chi connectivity index (χ1) is 40.7. The first-order valence-corrected chi connectivity index (χ1v) is 32.1. The topological polar surface area (TPSA) is 35.6 Å². The van der Waals surface area contributed by atoms with Gasteiger partial charge < -0.3 is 4.57 Å². The Hall–Kier alpha value is -10.2. The van der Waals surface area contributed by atoms with E-state index in [0.29, 0.717) is 5.95 Å². The number of hydrogen-bond donors (Lipinski definition) is 0. The Morgan fingerprint density at radius 1 is 0.220 bits per heavy atom. The summed E-state index contributed by atoms with van der Waals surface area (Å²) in [5.74, 6) is 0.608. The van der Waals surface area contributed by atoms with Crippen LogP contribution in [0.5, 0.6) is 0 Å². The lowest BCUT2D eigenvalue weighted by molar-refractivity contribution is 0.995. The van der Waals surface area contributed by atoms with Gasteiger partial charge >= 0.3 is 0 Å². The molecule has 0 amide bonds. The van der Waals surface area contributed by atoms with Crippen molar-refractivity contribution in [2.45, 2.75) is 0 Å². The fourth-order valence-corrected chi connectivity index (χ4v) is 22.8. The molecule has 0 unspecified atom stereocenters. The molecular weight excluding hydrogens is 1030 g/mol. The Morgan fingerprint density at radius 2 is 0.561 bits per heavy atom. The van der Waals surface area contributed by atoms with E-state index in [2.05, 4.69) is 337 Å². The number of aromatic nitrogens is 4. The minimum atomic E-state index is -2.90. The highest BCUT2D eigenvalue weighted by atomic mass is 28.3. The lowest BCUT2D eigenvalue weighted by atomic mass is 10.1. The van der Waals surface area contributed by atoms with Crippen molar-refractivity contribution in [3.63, 3.8) is 0 Å². The van der Waals surface area contributed by atoms with Crippen LogP contribution >= 0.6 is 0 Å². The SMILES string of the molecule is c1ccc([Si](c2ccccc2)(c2ccccc2)c2ccc(-c3cc(-c4cccc([Si](c5ccccc5)(c5ccccc5)c5ccccc5)c4)nc(-n4c5ccccc5c5cc(-n6c7ccccc7c7ccccc76)ccc54)n3)cc2)cc1. The minimum absolute atomic E-state index is 0.608. The zero-order valence-electron chi connectivity index (χ0n) is 45.0. The van der Waals surface area contributed by atoms with Crippen molar-refractivity contribution in [1.29, 1.82) is 0 Å². The van der Waals surface area contributed by atoms with E-state index in [1.54, 1.807) is 0 Å². The number of hydrogen-bond acceptors (Lipinski definition) is 2. The van der Waals surface area contributed by atoms with Gasteiger partial charge in [0, 0.05) is 38.4 Å². The number of nitrogens with zero attached hydrogens (tertiary/aromatic N) is 4. The highest BCUT2D eigenvalue weighted by Gasteiger charge is 2.43. The highest BCUT2D eigenvalue weighted by Crippen LogP contribution is 2.37. The third-order valence-electron chi connectivity index (χ3n) is 16.9. The van der Waals surface area contributed by atoms with Crippen molar-refractivity contribution in [3.8, 4) is 34.2 Å². The Kier molecular flexibility index (Phi) is 12.2. The predicted molar refractivity (Wildman–Crippen MR) is 349 cm³/mol. The van der Waals surface area contributed by atoms with Crippen LogP contribution in [0.25, 0.3) is 77.8 Å². The van der Waals surface area contributed by atoms with Crippen LogP contribution in [0.1, 0.15) is 0 Å². The van der Waals surface area contributed by atoms with E-state index in [1.165, 1.54) is 63.3 Å². The monoisotopic (exact) mass is 1080 g/mol. The third-order valence-corrected chi connectivity index (χ3v) is 26.4. The summed E-state index contributed by atoms with van der Waals surface area (Å²) in [5, 5.41) is 15.3. The van der Waals surface area contributed by atoms with Crippen molar-refractivity contribution in [1.82, 2.24) is 19.1 Å². The van der Waals surface area contributed by atoms with Crippen LogP contribution in [-0.2, 0) is 0 Å². The Balaban J connectivity index is 0.963. The molecule has 0 aliphatic rings. The molecule has 4 nitrogen and oxygen atoms in total. The van der Waals surface area contributed by atoms with Gasteiger partial charge in [-0.3, -0.25) is 4.57 Å². The molecule has 15 aromatic rings. The van der Waals surface area contributed by atoms with Gasteiger partial charge in [-0.2, -0.15) is 0 Å². The number of benzene rings is 12. The summed E-state index contributed by atoms with van der Waals surface area (Å²) in [6.45, 7) is 0. The number of rotatable bonds is 12. The third kappa shape index (κ3) is 7.94. The average molecular weight is 1080 g/mol. The molecule has 3 heterocycles. The summed E-state index contributed by atoms with van der Waals surface area (Å²) in [6, 6.07) is 121. The van der Waals surface area contributed by atoms with Crippen molar-refractivity contribution in [2.75, 3.05) is 0 Å². The Morgan fingerprint density at radius 3 is 1.01 bits per heavy atom. The van der Waals surface area contributed by atoms with Gasteiger partial charge in [0.05, 0.1) is 33.5 Å². The molecule has 15 rings (SSSR count). The smallest absolute Gasteiger partial charge is 0.235 e. The van der Waals surface area contributed by atoms with Crippen LogP contribution in [0, 0.1) is 0 Å². The molecule has 6 heteroatoms. The van der Waals surface area contributed by atoms with Crippen LogP contribution in [0.4, 0.5) is 0 Å². The van der Waals surface area contributed by atoms with Crippen LogP contribution in [0.15, 0.2) is 328 Å². The molecule has 0 fully saturated rings. The van der Waals surface area contributed by atoms with Crippen molar-refractivity contribution < 1.29 is 0 Å². The van der Waals surface area contributed by atoms with Gasteiger partial charge in [0.1, 0.15) is 0 Å². The van der Waals surface area contributed by atoms with E-state index in [4.69, 9.17) is 9.97 Å². The molecule has 0 N–H and O–H groups in total. The second-order valence-electron chi connectivity index (χ2n) is 21.2. The van der Waals surface area contributed by atoms with Gasteiger partial charge in [0.2, 0.25) is 5.95 Å². The van der Waals surface area contributed by atoms with Crippen molar-refractivity contribution in [2.24, 2.45) is 0 Å². The van der Waals surface area contributed by atoms with E-state index in [0.717, 1.165) is 50.0 Å². The molecule has 0 saturated carbocycles. The second kappa shape index (κ2) is 20.4. The Bertz CT molecular complexity index is 4530. The molecule has 386 valence electrons. The van der Waals surface area contributed by atoms with E-state index in [1.807, 2.05) is 0 Å². The molecule has 0 atom stereocenters. The van der Waals surface area contributed by atoms with Gasteiger partial charge in [-0.15, -0.1) is 0 Å². The summed E-state index contributed by atoms with van der Waals surface area (Å²) in [4.78, 5) is 11.4.